The molecule has 5 rings (SSSR count). The molecule has 8 nitrogen and oxygen atoms in total. The van der Waals surface area contributed by atoms with Gasteiger partial charge in [-0.05, 0) is 36.5 Å². The van der Waals surface area contributed by atoms with Crippen molar-refractivity contribution < 1.29 is 17.2 Å². The van der Waals surface area contributed by atoms with Crippen molar-refractivity contribution in [1.82, 2.24) is 14.5 Å². The summed E-state index contributed by atoms with van der Waals surface area (Å²) in [7, 11) is -4.24. The van der Waals surface area contributed by atoms with Gasteiger partial charge in [0.1, 0.15) is 10.7 Å². The largest absolute Gasteiger partial charge is 0.420 e. The first kappa shape index (κ1) is 18.9. The monoisotopic (exact) mass is 446 g/mol. The van der Waals surface area contributed by atoms with E-state index < -0.39 is 26.5 Å². The van der Waals surface area contributed by atoms with Crippen molar-refractivity contribution in [1.29, 1.82) is 0 Å². The average Bonchev–Trinajstić information content (AvgIpc) is 3.33. The number of aryl methyl sites for hydroxylation is 1. The molecule has 1 aromatic carbocycles. The maximum absolute atomic E-state index is 14.9. The van der Waals surface area contributed by atoms with Crippen LogP contribution in [0.3, 0.4) is 0 Å². The van der Waals surface area contributed by atoms with E-state index in [1.807, 2.05) is 6.07 Å². The summed E-state index contributed by atoms with van der Waals surface area (Å²) in [6, 6.07) is 3.61. The van der Waals surface area contributed by atoms with Crippen molar-refractivity contribution in [2.24, 2.45) is 0 Å². The highest BCUT2D eigenvalue weighted by atomic mass is 32.2. The van der Waals surface area contributed by atoms with Gasteiger partial charge in [-0.1, -0.05) is 0 Å². The van der Waals surface area contributed by atoms with Crippen LogP contribution in [0.5, 0.6) is 0 Å². The fourth-order valence-electron chi connectivity index (χ4n) is 3.85. The van der Waals surface area contributed by atoms with E-state index in [0.29, 0.717) is 6.42 Å². The molecule has 11 heteroatoms. The Labute approximate surface area is 174 Å². The number of anilines is 1. The zero-order valence-corrected chi connectivity index (χ0v) is 17.0. The number of nitrogens with zero attached hydrogens (tertiary/aromatic N) is 3. The molecular formula is C19H15FN4O4S2. The minimum atomic E-state index is -4.24. The second-order valence-electron chi connectivity index (χ2n) is 6.91. The summed E-state index contributed by atoms with van der Waals surface area (Å²) < 4.78 is 49.0. The third-order valence-electron chi connectivity index (χ3n) is 5.15. The minimum Gasteiger partial charge on any atom is -0.408 e. The van der Waals surface area contributed by atoms with E-state index in [1.165, 1.54) is 10.8 Å². The highest BCUT2D eigenvalue weighted by molar-refractivity contribution is 7.93. The molecule has 1 unspecified atom stereocenters. The molecule has 0 radical (unpaired) electrons. The molecule has 4 aromatic rings. The van der Waals surface area contributed by atoms with Gasteiger partial charge in [-0.25, -0.2) is 22.6 Å². The molecule has 1 atom stereocenters. The van der Waals surface area contributed by atoms with Gasteiger partial charge in [0.2, 0.25) is 0 Å². The van der Waals surface area contributed by atoms with Gasteiger partial charge >= 0.3 is 5.76 Å². The van der Waals surface area contributed by atoms with Crippen molar-refractivity contribution in [3.05, 3.63) is 69.7 Å². The molecule has 0 amide bonds. The molecule has 1 N–H and O–H groups in total. The predicted molar refractivity (Wildman–Crippen MR) is 109 cm³/mol. The Morgan fingerprint density at radius 2 is 2.17 bits per heavy atom. The Balaban J connectivity index is 1.63. The Morgan fingerprint density at radius 3 is 2.97 bits per heavy atom. The standard InChI is InChI=1S/C19H15FN4O4S2/c20-13-8-15-16(9-17(13)30(26,27)23-18-22-6-7-29-18)28-19(25)24(15)14-3-1-2-11-4-5-21-10-12(11)14/h4-10,14H,1-3H2,(H,22,23). The van der Waals surface area contributed by atoms with Gasteiger partial charge in [0.15, 0.2) is 10.7 Å². The molecule has 0 aliphatic heterocycles. The summed E-state index contributed by atoms with van der Waals surface area (Å²) in [5, 5.41) is 1.70. The molecule has 3 aromatic heterocycles. The van der Waals surface area contributed by atoms with E-state index in [-0.39, 0.29) is 22.3 Å². The SMILES string of the molecule is O=c1oc2cc(S(=O)(=O)Nc3nccs3)c(F)cc2n1C1CCCc2ccncc21. The number of aromatic nitrogens is 3. The third-order valence-corrected chi connectivity index (χ3v) is 7.32. The zero-order chi connectivity index (χ0) is 20.9. The maximum atomic E-state index is 14.9. The number of oxazole rings is 1. The number of rotatable bonds is 4. The van der Waals surface area contributed by atoms with Gasteiger partial charge in [-0.2, -0.15) is 0 Å². The lowest BCUT2D eigenvalue weighted by molar-refractivity contribution is 0.436. The third kappa shape index (κ3) is 3.10. The van der Waals surface area contributed by atoms with Crippen molar-refractivity contribution in [3.8, 4) is 0 Å². The van der Waals surface area contributed by atoms with Crippen molar-refractivity contribution in [2.45, 2.75) is 30.2 Å². The highest BCUT2D eigenvalue weighted by Gasteiger charge is 2.28. The van der Waals surface area contributed by atoms with Crippen LogP contribution in [0.25, 0.3) is 11.1 Å². The number of benzene rings is 1. The van der Waals surface area contributed by atoms with Gasteiger partial charge in [-0.15, -0.1) is 11.3 Å². The van der Waals surface area contributed by atoms with E-state index in [2.05, 4.69) is 14.7 Å². The molecule has 0 fully saturated rings. The Kier molecular flexibility index (Phi) is 4.44. The van der Waals surface area contributed by atoms with Gasteiger partial charge in [0.25, 0.3) is 10.0 Å². The van der Waals surface area contributed by atoms with Crippen LogP contribution in [0.15, 0.2) is 56.3 Å². The Hall–Kier alpha value is -3.05. The molecule has 0 bridgehead atoms. The molecule has 1 aliphatic carbocycles. The lowest BCUT2D eigenvalue weighted by Gasteiger charge is -2.25. The van der Waals surface area contributed by atoms with Crippen LogP contribution in [0, 0.1) is 5.82 Å². The molecule has 0 saturated heterocycles. The van der Waals surface area contributed by atoms with E-state index in [4.69, 9.17) is 4.42 Å². The summed E-state index contributed by atoms with van der Waals surface area (Å²) >= 11 is 1.07. The molecule has 154 valence electrons. The molecule has 0 spiro atoms. The summed E-state index contributed by atoms with van der Waals surface area (Å²) in [4.78, 5) is 20.0. The molecular weight excluding hydrogens is 431 g/mol. The zero-order valence-electron chi connectivity index (χ0n) is 15.4. The van der Waals surface area contributed by atoms with E-state index in [9.17, 15) is 17.6 Å². The average molecular weight is 446 g/mol. The normalized spacial score (nSPS) is 16.5. The minimum absolute atomic E-state index is 0.00284. The molecule has 3 heterocycles. The lowest BCUT2D eigenvalue weighted by atomic mass is 9.89. The van der Waals surface area contributed by atoms with Gasteiger partial charge in [-0.3, -0.25) is 14.3 Å². The van der Waals surface area contributed by atoms with Crippen LogP contribution < -0.4 is 10.5 Å². The van der Waals surface area contributed by atoms with Crippen LogP contribution in [0.2, 0.25) is 0 Å². The first-order chi connectivity index (χ1) is 14.4. The van der Waals surface area contributed by atoms with E-state index in [0.717, 1.165) is 47.4 Å². The summed E-state index contributed by atoms with van der Waals surface area (Å²) in [5.41, 5.74) is 2.16. The molecule has 1 aliphatic rings. The van der Waals surface area contributed by atoms with Crippen LogP contribution in [0.4, 0.5) is 9.52 Å². The van der Waals surface area contributed by atoms with Crippen LogP contribution in [0.1, 0.15) is 30.0 Å². The van der Waals surface area contributed by atoms with Crippen molar-refractivity contribution >= 4 is 37.6 Å². The van der Waals surface area contributed by atoms with Crippen LogP contribution >= 0.6 is 11.3 Å². The topological polar surface area (TPSA) is 107 Å². The molecule has 0 saturated carbocycles. The highest BCUT2D eigenvalue weighted by Crippen LogP contribution is 2.34. The fourth-order valence-corrected chi connectivity index (χ4v) is 5.72. The van der Waals surface area contributed by atoms with Crippen molar-refractivity contribution in [3.63, 3.8) is 0 Å². The number of hydrogen-bond acceptors (Lipinski definition) is 7. The number of pyridine rings is 1. The lowest BCUT2D eigenvalue weighted by Crippen LogP contribution is -2.25. The number of hydrogen-bond donors (Lipinski definition) is 1. The first-order valence-electron chi connectivity index (χ1n) is 9.14. The second kappa shape index (κ2) is 7.03. The number of sulfonamides is 1. The van der Waals surface area contributed by atoms with E-state index >= 15 is 0 Å². The number of fused-ring (bicyclic) bond motifs is 2. The van der Waals surface area contributed by atoms with Crippen LogP contribution in [-0.4, -0.2) is 23.0 Å². The summed E-state index contributed by atoms with van der Waals surface area (Å²) in [6.45, 7) is 0. The predicted octanol–water partition coefficient (Wildman–Crippen LogP) is 3.31. The Morgan fingerprint density at radius 1 is 1.30 bits per heavy atom. The van der Waals surface area contributed by atoms with E-state index in [1.54, 1.807) is 17.8 Å². The number of nitrogens with one attached hydrogen (secondary N) is 1. The quantitative estimate of drug-likeness (QED) is 0.515. The van der Waals surface area contributed by atoms with Crippen LogP contribution in [-0.2, 0) is 16.4 Å². The maximum Gasteiger partial charge on any atom is 0.420 e. The van der Waals surface area contributed by atoms with Crippen molar-refractivity contribution in [2.75, 3.05) is 4.72 Å². The van der Waals surface area contributed by atoms with Gasteiger partial charge in [0.05, 0.1) is 11.6 Å². The number of halogens is 1. The van der Waals surface area contributed by atoms with Gasteiger partial charge in [0, 0.05) is 36.1 Å². The smallest absolute Gasteiger partial charge is 0.408 e. The summed E-state index contributed by atoms with van der Waals surface area (Å²) in [5.74, 6) is -1.66. The Bertz CT molecular complexity index is 1410. The fraction of sp³-hybridized carbons (Fsp3) is 0.211. The second-order valence-corrected chi connectivity index (χ2v) is 9.46. The molecule has 30 heavy (non-hydrogen) atoms. The first-order valence-corrected chi connectivity index (χ1v) is 11.5. The number of thiazole rings is 1. The summed E-state index contributed by atoms with van der Waals surface area (Å²) in [6.07, 6.45) is 7.23. The van der Waals surface area contributed by atoms with Gasteiger partial charge < -0.3 is 4.42 Å².